The van der Waals surface area contributed by atoms with Gasteiger partial charge < -0.3 is 4.90 Å². The number of nitrogens with zero attached hydrogens (tertiary/aromatic N) is 1. The largest absolute Gasteiger partial charge is 0.329 e. The second kappa shape index (κ2) is 3.64. The summed E-state index contributed by atoms with van der Waals surface area (Å²) in [5.74, 6) is 3.02. The molecule has 0 aromatic rings. The van der Waals surface area contributed by atoms with Gasteiger partial charge in [-0.25, -0.2) is 0 Å². The number of terminal acetylenes is 1. The first-order valence-electron chi connectivity index (χ1n) is 3.64. The molecule has 0 bridgehead atoms. The maximum Gasteiger partial charge on any atom is 0.316 e. The maximum absolute atomic E-state index is 10.6. The second-order valence-corrected chi connectivity index (χ2v) is 3.00. The van der Waals surface area contributed by atoms with E-state index in [0.29, 0.717) is 19.0 Å². The van der Waals surface area contributed by atoms with Crippen LogP contribution in [0.5, 0.6) is 0 Å². The van der Waals surface area contributed by atoms with Crippen LogP contribution in [0.4, 0.5) is 4.79 Å². The van der Waals surface area contributed by atoms with Crippen molar-refractivity contribution in [2.45, 2.75) is 12.8 Å². The van der Waals surface area contributed by atoms with Crippen LogP contribution < -0.4 is 0 Å². The Hall–Kier alpha value is -0.680. The molecule has 3 heteroatoms. The van der Waals surface area contributed by atoms with E-state index in [-0.39, 0.29) is 5.37 Å². The average molecular weight is 172 g/mol. The van der Waals surface area contributed by atoms with Crippen LogP contribution in [-0.4, -0.2) is 23.4 Å². The van der Waals surface area contributed by atoms with Crippen LogP contribution in [0.25, 0.3) is 0 Å². The topological polar surface area (TPSA) is 20.3 Å². The number of hydrogen-bond acceptors (Lipinski definition) is 1. The van der Waals surface area contributed by atoms with E-state index >= 15 is 0 Å². The number of piperidine rings is 1. The van der Waals surface area contributed by atoms with Gasteiger partial charge in [0.15, 0.2) is 0 Å². The van der Waals surface area contributed by atoms with E-state index in [0.717, 1.165) is 12.8 Å². The van der Waals surface area contributed by atoms with Crippen LogP contribution in [0, 0.1) is 18.3 Å². The third-order valence-electron chi connectivity index (χ3n) is 1.98. The van der Waals surface area contributed by atoms with Crippen molar-refractivity contribution in [3.63, 3.8) is 0 Å². The van der Waals surface area contributed by atoms with E-state index < -0.39 is 0 Å². The van der Waals surface area contributed by atoms with Gasteiger partial charge in [0.05, 0.1) is 0 Å². The molecule has 0 unspecified atom stereocenters. The molecule has 1 saturated heterocycles. The summed E-state index contributed by atoms with van der Waals surface area (Å²) in [4.78, 5) is 12.3. The third kappa shape index (κ3) is 2.13. The van der Waals surface area contributed by atoms with E-state index in [9.17, 15) is 4.79 Å². The predicted octanol–water partition coefficient (Wildman–Crippen LogP) is 1.69. The summed E-state index contributed by atoms with van der Waals surface area (Å²) >= 11 is 5.28. The lowest BCUT2D eigenvalue weighted by atomic mass is 9.98. The van der Waals surface area contributed by atoms with Crippen molar-refractivity contribution in [3.8, 4) is 12.3 Å². The number of carbonyl (C=O) groups is 1. The van der Waals surface area contributed by atoms with E-state index in [1.54, 1.807) is 4.90 Å². The van der Waals surface area contributed by atoms with Gasteiger partial charge in [-0.2, -0.15) is 0 Å². The van der Waals surface area contributed by atoms with E-state index in [4.69, 9.17) is 18.0 Å². The summed E-state index contributed by atoms with van der Waals surface area (Å²) in [5.41, 5.74) is 0. The average Bonchev–Trinajstić information content (AvgIpc) is 2.05. The minimum atomic E-state index is -0.361. The number of likely N-dealkylation sites (tertiary alicyclic amines) is 1. The van der Waals surface area contributed by atoms with E-state index in [1.807, 2.05) is 0 Å². The van der Waals surface area contributed by atoms with Crippen LogP contribution in [0.2, 0.25) is 0 Å². The fourth-order valence-electron chi connectivity index (χ4n) is 1.22. The van der Waals surface area contributed by atoms with Gasteiger partial charge in [0.2, 0.25) is 0 Å². The Morgan fingerprint density at radius 2 is 2.09 bits per heavy atom. The molecule has 0 aromatic carbocycles. The standard InChI is InChI=1S/C8H10ClNO/c1-2-7-3-5-10(6-4-7)8(9)11/h1,7H,3-6H2. The van der Waals surface area contributed by atoms with Gasteiger partial charge in [-0.05, 0) is 24.4 Å². The lowest BCUT2D eigenvalue weighted by Crippen LogP contribution is -2.34. The molecule has 0 atom stereocenters. The summed E-state index contributed by atoms with van der Waals surface area (Å²) < 4.78 is 0. The third-order valence-corrected chi connectivity index (χ3v) is 2.22. The lowest BCUT2D eigenvalue weighted by molar-refractivity contribution is 0.202. The highest BCUT2D eigenvalue weighted by atomic mass is 35.5. The molecule has 0 N–H and O–H groups in total. The van der Waals surface area contributed by atoms with Crippen molar-refractivity contribution in [2.75, 3.05) is 13.1 Å². The highest BCUT2D eigenvalue weighted by Gasteiger charge is 2.19. The molecule has 0 saturated carbocycles. The highest BCUT2D eigenvalue weighted by molar-refractivity contribution is 6.62. The molecule has 1 rings (SSSR count). The van der Waals surface area contributed by atoms with Gasteiger partial charge in [-0.3, -0.25) is 4.79 Å². The van der Waals surface area contributed by atoms with Crippen LogP contribution in [-0.2, 0) is 0 Å². The van der Waals surface area contributed by atoms with Crippen molar-refractivity contribution in [3.05, 3.63) is 0 Å². The van der Waals surface area contributed by atoms with Crippen LogP contribution >= 0.6 is 11.6 Å². The van der Waals surface area contributed by atoms with Crippen molar-refractivity contribution in [1.29, 1.82) is 0 Å². The molecular weight excluding hydrogens is 162 g/mol. The fourth-order valence-corrected chi connectivity index (χ4v) is 1.39. The minimum Gasteiger partial charge on any atom is -0.329 e. The summed E-state index contributed by atoms with van der Waals surface area (Å²) in [6.45, 7) is 1.41. The van der Waals surface area contributed by atoms with E-state index in [1.165, 1.54) is 0 Å². The van der Waals surface area contributed by atoms with Crippen LogP contribution in [0.15, 0.2) is 0 Å². The van der Waals surface area contributed by atoms with Crippen molar-refractivity contribution >= 4 is 17.0 Å². The Kier molecular flexibility index (Phi) is 2.78. The summed E-state index contributed by atoms with van der Waals surface area (Å²) in [5, 5.41) is -0.361. The van der Waals surface area contributed by atoms with E-state index in [2.05, 4.69) is 5.92 Å². The number of rotatable bonds is 0. The fraction of sp³-hybridized carbons (Fsp3) is 0.625. The van der Waals surface area contributed by atoms with Crippen molar-refractivity contribution < 1.29 is 4.79 Å². The Morgan fingerprint density at radius 1 is 1.55 bits per heavy atom. The monoisotopic (exact) mass is 171 g/mol. The Bertz CT molecular complexity index is 189. The molecule has 0 radical (unpaired) electrons. The van der Waals surface area contributed by atoms with Crippen LogP contribution in [0.1, 0.15) is 12.8 Å². The molecule has 0 aromatic heterocycles. The van der Waals surface area contributed by atoms with Crippen molar-refractivity contribution in [2.24, 2.45) is 5.92 Å². The quantitative estimate of drug-likeness (QED) is 0.309. The maximum atomic E-state index is 10.6. The Morgan fingerprint density at radius 3 is 2.45 bits per heavy atom. The van der Waals surface area contributed by atoms with Gasteiger partial charge >= 0.3 is 5.37 Å². The molecule has 60 valence electrons. The van der Waals surface area contributed by atoms with Gasteiger partial charge in [0.25, 0.3) is 0 Å². The summed E-state index contributed by atoms with van der Waals surface area (Å²) in [6, 6.07) is 0. The first-order valence-corrected chi connectivity index (χ1v) is 4.02. The number of carbonyl (C=O) groups excluding carboxylic acids is 1. The Labute approximate surface area is 71.5 Å². The molecule has 1 aliphatic heterocycles. The van der Waals surface area contributed by atoms with Gasteiger partial charge in [0.1, 0.15) is 0 Å². The molecule has 0 spiro atoms. The minimum absolute atomic E-state index is 0.335. The van der Waals surface area contributed by atoms with Crippen molar-refractivity contribution in [1.82, 2.24) is 4.90 Å². The summed E-state index contributed by atoms with van der Waals surface area (Å²) in [7, 11) is 0. The second-order valence-electron chi connectivity index (χ2n) is 2.68. The Balaban J connectivity index is 2.37. The van der Waals surface area contributed by atoms with Gasteiger partial charge in [0, 0.05) is 19.0 Å². The zero-order chi connectivity index (χ0) is 8.27. The van der Waals surface area contributed by atoms with Gasteiger partial charge in [-0.1, -0.05) is 0 Å². The number of amides is 1. The van der Waals surface area contributed by atoms with Gasteiger partial charge in [-0.15, -0.1) is 12.3 Å². The first-order chi connectivity index (χ1) is 5.24. The normalized spacial score (nSPS) is 19.5. The van der Waals surface area contributed by atoms with Crippen LogP contribution in [0.3, 0.4) is 0 Å². The molecule has 1 aliphatic rings. The molecule has 1 heterocycles. The SMILES string of the molecule is C#CC1CCN(C(=O)Cl)CC1. The molecule has 11 heavy (non-hydrogen) atoms. The zero-order valence-electron chi connectivity index (χ0n) is 6.22. The zero-order valence-corrected chi connectivity index (χ0v) is 6.97. The summed E-state index contributed by atoms with van der Waals surface area (Å²) in [6.07, 6.45) is 7.01. The highest BCUT2D eigenvalue weighted by Crippen LogP contribution is 2.16. The molecule has 1 fully saturated rings. The molecule has 2 nitrogen and oxygen atoms in total. The molecular formula is C8H10ClNO. The molecule has 1 amide bonds. The smallest absolute Gasteiger partial charge is 0.316 e. The lowest BCUT2D eigenvalue weighted by Gasteiger charge is -2.27. The number of halogens is 1. The predicted molar refractivity (Wildman–Crippen MR) is 44.4 cm³/mol. The molecule has 0 aliphatic carbocycles. The first kappa shape index (κ1) is 8.42. The number of hydrogen-bond donors (Lipinski definition) is 0.